The fourth-order valence-corrected chi connectivity index (χ4v) is 3.47. The summed E-state index contributed by atoms with van der Waals surface area (Å²) in [5, 5.41) is 12.7. The summed E-state index contributed by atoms with van der Waals surface area (Å²) >= 11 is 2.27. The monoisotopic (exact) mass is 392 g/mol. The highest BCUT2D eigenvalue weighted by Gasteiger charge is 2.14. The lowest BCUT2D eigenvalue weighted by Crippen LogP contribution is -2.17. The predicted octanol–water partition coefficient (Wildman–Crippen LogP) is 2.69. The third-order valence-electron chi connectivity index (χ3n) is 3.20. The number of anilines is 1. The molecule has 3 aromatic rings. The van der Waals surface area contributed by atoms with Crippen LogP contribution in [0.15, 0.2) is 45.4 Å². The quantitative estimate of drug-likeness (QED) is 0.598. The summed E-state index contributed by atoms with van der Waals surface area (Å²) in [5.74, 6) is -0.916. The van der Waals surface area contributed by atoms with Crippen molar-refractivity contribution in [3.63, 3.8) is 0 Å². The van der Waals surface area contributed by atoms with Gasteiger partial charge in [0.2, 0.25) is 11.8 Å². The summed E-state index contributed by atoms with van der Waals surface area (Å²) in [7, 11) is 0. The molecule has 0 aliphatic rings. The van der Waals surface area contributed by atoms with E-state index >= 15 is 0 Å². The van der Waals surface area contributed by atoms with Gasteiger partial charge in [-0.3, -0.25) is 9.59 Å². The number of nitrogens with two attached hydrogens (primary N) is 1. The van der Waals surface area contributed by atoms with Crippen LogP contribution in [0.1, 0.15) is 21.8 Å². The Balaban J connectivity index is 1.53. The van der Waals surface area contributed by atoms with Gasteiger partial charge in [-0.2, -0.15) is 0 Å². The minimum atomic E-state index is -0.604. The molecule has 2 amide bonds. The largest absolute Gasteiger partial charge is 0.416 e. The SMILES string of the molecule is NC(=O)c1ccsc1NC(=O)CSc1nnc(Cc2cccc(F)c2)o1. The van der Waals surface area contributed by atoms with Gasteiger partial charge in [-0.15, -0.1) is 21.5 Å². The van der Waals surface area contributed by atoms with E-state index in [-0.39, 0.29) is 28.3 Å². The van der Waals surface area contributed by atoms with Crippen molar-refractivity contribution < 1.29 is 18.4 Å². The molecule has 0 unspecified atom stereocenters. The molecule has 0 saturated heterocycles. The first-order valence-electron chi connectivity index (χ1n) is 7.38. The highest BCUT2D eigenvalue weighted by atomic mass is 32.2. The van der Waals surface area contributed by atoms with Crippen LogP contribution in [-0.2, 0) is 11.2 Å². The fraction of sp³-hybridized carbons (Fsp3) is 0.125. The van der Waals surface area contributed by atoms with Crippen LogP contribution in [0.3, 0.4) is 0 Å². The van der Waals surface area contributed by atoms with Crippen molar-refractivity contribution in [3.8, 4) is 0 Å². The van der Waals surface area contributed by atoms with Gasteiger partial charge in [0, 0.05) is 0 Å². The number of nitrogens with zero attached hydrogens (tertiary/aromatic N) is 2. The molecule has 0 bridgehead atoms. The van der Waals surface area contributed by atoms with Crippen molar-refractivity contribution in [1.29, 1.82) is 0 Å². The molecule has 26 heavy (non-hydrogen) atoms. The van der Waals surface area contributed by atoms with Gasteiger partial charge in [0.1, 0.15) is 10.8 Å². The number of nitrogens with one attached hydrogen (secondary N) is 1. The zero-order valence-corrected chi connectivity index (χ0v) is 14.9. The second kappa shape index (κ2) is 8.11. The zero-order chi connectivity index (χ0) is 18.5. The number of amides is 2. The Morgan fingerprint density at radius 3 is 2.92 bits per heavy atom. The molecule has 2 heterocycles. The van der Waals surface area contributed by atoms with E-state index in [1.807, 2.05) is 0 Å². The highest BCUT2D eigenvalue weighted by molar-refractivity contribution is 7.99. The third-order valence-corrected chi connectivity index (χ3v) is 4.85. The maximum absolute atomic E-state index is 13.2. The van der Waals surface area contributed by atoms with Crippen molar-refractivity contribution in [2.24, 2.45) is 5.73 Å². The first-order chi connectivity index (χ1) is 12.5. The Morgan fingerprint density at radius 2 is 2.15 bits per heavy atom. The van der Waals surface area contributed by atoms with E-state index in [1.165, 1.54) is 23.5 Å². The van der Waals surface area contributed by atoms with E-state index in [9.17, 15) is 14.0 Å². The molecular formula is C16H13FN4O3S2. The lowest BCUT2D eigenvalue weighted by molar-refractivity contribution is -0.113. The summed E-state index contributed by atoms with van der Waals surface area (Å²) in [6, 6.07) is 7.65. The average molecular weight is 392 g/mol. The smallest absolute Gasteiger partial charge is 0.277 e. The molecule has 0 saturated carbocycles. The van der Waals surface area contributed by atoms with E-state index in [0.29, 0.717) is 22.9 Å². The maximum Gasteiger partial charge on any atom is 0.277 e. The fourth-order valence-electron chi connectivity index (χ4n) is 2.08. The van der Waals surface area contributed by atoms with Crippen molar-refractivity contribution in [1.82, 2.24) is 10.2 Å². The Morgan fingerprint density at radius 1 is 1.31 bits per heavy atom. The molecule has 0 radical (unpaired) electrons. The molecule has 10 heteroatoms. The summed E-state index contributed by atoms with van der Waals surface area (Å²) in [4.78, 5) is 23.2. The number of benzene rings is 1. The molecule has 0 aliphatic heterocycles. The third kappa shape index (κ3) is 4.67. The van der Waals surface area contributed by atoms with Gasteiger partial charge in [-0.25, -0.2) is 4.39 Å². The maximum atomic E-state index is 13.2. The summed E-state index contributed by atoms with van der Waals surface area (Å²) in [6.07, 6.45) is 0.300. The van der Waals surface area contributed by atoms with E-state index in [0.717, 1.165) is 11.8 Å². The van der Waals surface area contributed by atoms with Crippen LogP contribution in [0.2, 0.25) is 0 Å². The molecule has 3 rings (SSSR count). The van der Waals surface area contributed by atoms with Gasteiger partial charge in [-0.05, 0) is 29.1 Å². The predicted molar refractivity (Wildman–Crippen MR) is 95.7 cm³/mol. The standard InChI is InChI=1S/C16H13FN4O3S2/c17-10-3-1-2-9(6-10)7-13-20-21-16(24-13)26-8-12(22)19-15-11(14(18)23)4-5-25-15/h1-6H,7-8H2,(H2,18,23)(H,19,22). The zero-order valence-electron chi connectivity index (χ0n) is 13.3. The van der Waals surface area contributed by atoms with Gasteiger partial charge in [0.25, 0.3) is 11.1 Å². The molecule has 0 aliphatic carbocycles. The van der Waals surface area contributed by atoms with Gasteiger partial charge in [-0.1, -0.05) is 23.9 Å². The number of thioether (sulfide) groups is 1. The van der Waals surface area contributed by atoms with Crippen LogP contribution in [0, 0.1) is 5.82 Å². The Kier molecular flexibility index (Phi) is 5.64. The van der Waals surface area contributed by atoms with E-state index in [1.54, 1.807) is 23.6 Å². The molecule has 1 aromatic carbocycles. The molecule has 0 spiro atoms. The molecule has 0 fully saturated rings. The second-order valence-corrected chi connectivity index (χ2v) is 6.98. The number of carbonyl (C=O) groups excluding carboxylic acids is 2. The molecule has 134 valence electrons. The van der Waals surface area contributed by atoms with Gasteiger partial charge < -0.3 is 15.5 Å². The van der Waals surface area contributed by atoms with Crippen LogP contribution in [0.25, 0.3) is 0 Å². The number of carbonyl (C=O) groups is 2. The molecule has 0 atom stereocenters. The number of hydrogen-bond donors (Lipinski definition) is 2. The minimum absolute atomic E-state index is 0.0255. The minimum Gasteiger partial charge on any atom is -0.416 e. The van der Waals surface area contributed by atoms with E-state index in [4.69, 9.17) is 10.2 Å². The van der Waals surface area contributed by atoms with E-state index < -0.39 is 5.91 Å². The molecule has 3 N–H and O–H groups in total. The van der Waals surface area contributed by atoms with Gasteiger partial charge >= 0.3 is 0 Å². The van der Waals surface area contributed by atoms with Crippen molar-refractivity contribution >= 4 is 39.9 Å². The van der Waals surface area contributed by atoms with Crippen molar-refractivity contribution in [3.05, 3.63) is 58.5 Å². The lowest BCUT2D eigenvalue weighted by atomic mass is 10.1. The first kappa shape index (κ1) is 18.1. The summed E-state index contributed by atoms with van der Waals surface area (Å²) in [6.45, 7) is 0. The van der Waals surface area contributed by atoms with Crippen molar-refractivity contribution in [2.75, 3.05) is 11.1 Å². The Hall–Kier alpha value is -2.72. The van der Waals surface area contributed by atoms with Crippen LogP contribution in [0.5, 0.6) is 0 Å². The Bertz CT molecular complexity index is 941. The number of thiophene rings is 1. The Labute approximate surface area is 155 Å². The second-order valence-electron chi connectivity index (χ2n) is 5.13. The van der Waals surface area contributed by atoms with Gasteiger partial charge in [0.15, 0.2) is 0 Å². The van der Waals surface area contributed by atoms with Gasteiger partial charge in [0.05, 0.1) is 17.7 Å². The topological polar surface area (TPSA) is 111 Å². The number of rotatable bonds is 7. The number of aromatic nitrogens is 2. The summed E-state index contributed by atoms with van der Waals surface area (Å²) in [5.41, 5.74) is 6.20. The van der Waals surface area contributed by atoms with Crippen LogP contribution < -0.4 is 11.1 Å². The number of primary amides is 1. The molecule has 7 nitrogen and oxygen atoms in total. The average Bonchev–Trinajstić information content (AvgIpc) is 3.22. The first-order valence-corrected chi connectivity index (χ1v) is 9.24. The molecular weight excluding hydrogens is 379 g/mol. The van der Waals surface area contributed by atoms with E-state index in [2.05, 4.69) is 15.5 Å². The normalized spacial score (nSPS) is 10.7. The van der Waals surface area contributed by atoms with Crippen LogP contribution in [0.4, 0.5) is 9.39 Å². The summed E-state index contributed by atoms with van der Waals surface area (Å²) < 4.78 is 18.6. The van der Waals surface area contributed by atoms with Crippen LogP contribution >= 0.6 is 23.1 Å². The van der Waals surface area contributed by atoms with Crippen molar-refractivity contribution in [2.45, 2.75) is 11.6 Å². The number of hydrogen-bond acceptors (Lipinski definition) is 7. The lowest BCUT2D eigenvalue weighted by Gasteiger charge is -2.02. The highest BCUT2D eigenvalue weighted by Crippen LogP contribution is 2.24. The molecule has 2 aromatic heterocycles. The number of halogens is 1. The van der Waals surface area contributed by atoms with Crippen LogP contribution in [-0.4, -0.2) is 27.8 Å².